The minimum atomic E-state index is -0.377. The number of aryl methyl sites for hydroxylation is 1. The molecule has 0 aliphatic rings. The summed E-state index contributed by atoms with van der Waals surface area (Å²) in [6, 6.07) is 3.40. The van der Waals surface area contributed by atoms with Crippen molar-refractivity contribution in [3.05, 3.63) is 40.4 Å². The molecule has 6 heteroatoms. The highest BCUT2D eigenvalue weighted by molar-refractivity contribution is 9.10. The third kappa shape index (κ3) is 2.26. The molecule has 0 fully saturated rings. The largest absolute Gasteiger partial charge is 0.493 e. The van der Waals surface area contributed by atoms with Crippen LogP contribution in [-0.2, 0) is 6.54 Å². The summed E-state index contributed by atoms with van der Waals surface area (Å²) in [4.78, 5) is 4.32. The molecule has 2 aromatic rings. The number of methoxy groups -OCH3 is 1. The molecule has 1 unspecified atom stereocenters. The Labute approximate surface area is 114 Å². The van der Waals surface area contributed by atoms with Crippen LogP contribution in [0.15, 0.2) is 29.0 Å². The predicted molar refractivity (Wildman–Crippen MR) is 72.4 cm³/mol. The molecule has 2 N–H and O–H groups in total. The summed E-state index contributed by atoms with van der Waals surface area (Å²) in [6.07, 6.45) is 3.40. The quantitative estimate of drug-likeness (QED) is 0.939. The van der Waals surface area contributed by atoms with Crippen molar-refractivity contribution >= 4 is 15.9 Å². The Morgan fingerprint density at radius 2 is 2.33 bits per heavy atom. The fourth-order valence-electron chi connectivity index (χ4n) is 1.86. The number of pyridine rings is 1. The van der Waals surface area contributed by atoms with E-state index in [0.717, 1.165) is 22.4 Å². The van der Waals surface area contributed by atoms with Gasteiger partial charge in [-0.15, -0.1) is 0 Å². The maximum atomic E-state index is 6.28. The van der Waals surface area contributed by atoms with Crippen LogP contribution in [0, 0.1) is 0 Å². The zero-order valence-electron chi connectivity index (χ0n) is 10.3. The van der Waals surface area contributed by atoms with Gasteiger partial charge in [-0.3, -0.25) is 9.67 Å². The molecule has 2 rings (SSSR count). The monoisotopic (exact) mass is 310 g/mol. The third-order valence-electron chi connectivity index (χ3n) is 2.74. The molecule has 2 aromatic heterocycles. The average molecular weight is 311 g/mol. The highest BCUT2D eigenvalue weighted by Gasteiger charge is 2.22. The molecule has 1 atom stereocenters. The van der Waals surface area contributed by atoms with E-state index in [2.05, 4.69) is 26.0 Å². The Morgan fingerprint density at radius 1 is 1.56 bits per heavy atom. The van der Waals surface area contributed by atoms with Crippen LogP contribution in [0.3, 0.4) is 0 Å². The number of hydrogen-bond acceptors (Lipinski definition) is 4. The molecular formula is C12H15BrN4O. The molecule has 5 nitrogen and oxygen atoms in total. The van der Waals surface area contributed by atoms with Crippen molar-refractivity contribution in [3.8, 4) is 5.75 Å². The molecule has 0 spiro atoms. The molecule has 2 heterocycles. The van der Waals surface area contributed by atoms with E-state index in [0.29, 0.717) is 5.75 Å². The van der Waals surface area contributed by atoms with Gasteiger partial charge in [-0.2, -0.15) is 5.10 Å². The van der Waals surface area contributed by atoms with Gasteiger partial charge in [-0.05, 0) is 35.0 Å². The van der Waals surface area contributed by atoms with Crippen molar-refractivity contribution in [1.82, 2.24) is 14.8 Å². The first kappa shape index (κ1) is 13.0. The second kappa shape index (κ2) is 5.49. The van der Waals surface area contributed by atoms with Gasteiger partial charge in [0.2, 0.25) is 0 Å². The molecule has 0 aliphatic heterocycles. The minimum absolute atomic E-state index is 0.377. The van der Waals surface area contributed by atoms with Crippen molar-refractivity contribution in [2.75, 3.05) is 7.11 Å². The molecule has 0 bridgehead atoms. The van der Waals surface area contributed by atoms with Gasteiger partial charge in [0.1, 0.15) is 5.69 Å². The Balaban J connectivity index is 2.48. The number of hydrogen-bond donors (Lipinski definition) is 1. The van der Waals surface area contributed by atoms with E-state index in [9.17, 15) is 0 Å². The van der Waals surface area contributed by atoms with Crippen LogP contribution in [-0.4, -0.2) is 21.9 Å². The number of halogens is 1. The van der Waals surface area contributed by atoms with Gasteiger partial charge in [0.15, 0.2) is 5.75 Å². The van der Waals surface area contributed by atoms with E-state index in [-0.39, 0.29) is 6.04 Å². The molecule has 0 aromatic carbocycles. The van der Waals surface area contributed by atoms with Gasteiger partial charge in [-0.1, -0.05) is 0 Å². The van der Waals surface area contributed by atoms with Crippen LogP contribution >= 0.6 is 15.9 Å². The predicted octanol–water partition coefficient (Wildman–Crippen LogP) is 2.12. The second-order valence-electron chi connectivity index (χ2n) is 3.76. The van der Waals surface area contributed by atoms with Gasteiger partial charge in [0.25, 0.3) is 0 Å². The second-order valence-corrected chi connectivity index (χ2v) is 4.62. The maximum absolute atomic E-state index is 6.28. The molecule has 0 saturated heterocycles. The summed E-state index contributed by atoms with van der Waals surface area (Å²) in [5.74, 6) is 0.682. The summed E-state index contributed by atoms with van der Waals surface area (Å²) in [7, 11) is 1.61. The van der Waals surface area contributed by atoms with E-state index < -0.39 is 0 Å². The first-order chi connectivity index (χ1) is 8.69. The molecule has 0 radical (unpaired) electrons. The van der Waals surface area contributed by atoms with E-state index in [1.165, 1.54) is 0 Å². The summed E-state index contributed by atoms with van der Waals surface area (Å²) in [6.45, 7) is 2.74. The summed E-state index contributed by atoms with van der Waals surface area (Å²) >= 11 is 3.46. The Morgan fingerprint density at radius 3 is 2.94 bits per heavy atom. The first-order valence-corrected chi connectivity index (χ1v) is 6.44. The fourth-order valence-corrected chi connectivity index (χ4v) is 2.36. The maximum Gasteiger partial charge on any atom is 0.161 e. The summed E-state index contributed by atoms with van der Waals surface area (Å²) < 4.78 is 8.01. The molecule has 0 aliphatic carbocycles. The smallest absolute Gasteiger partial charge is 0.161 e. The fraction of sp³-hybridized carbons (Fsp3) is 0.333. The lowest BCUT2D eigenvalue weighted by molar-refractivity contribution is 0.404. The van der Waals surface area contributed by atoms with Gasteiger partial charge in [0.05, 0.1) is 25.0 Å². The van der Waals surface area contributed by atoms with Crippen molar-refractivity contribution in [2.45, 2.75) is 19.5 Å². The lowest BCUT2D eigenvalue weighted by Crippen LogP contribution is -2.19. The molecule has 0 saturated carbocycles. The topological polar surface area (TPSA) is 66.0 Å². The first-order valence-electron chi connectivity index (χ1n) is 5.64. The number of nitrogens with two attached hydrogens (primary N) is 1. The molecule has 18 heavy (non-hydrogen) atoms. The number of ether oxygens (including phenoxy) is 1. The van der Waals surface area contributed by atoms with Crippen LogP contribution in [0.1, 0.15) is 24.4 Å². The van der Waals surface area contributed by atoms with Crippen LogP contribution < -0.4 is 10.5 Å². The van der Waals surface area contributed by atoms with Gasteiger partial charge in [0, 0.05) is 17.2 Å². The SMILES string of the molecule is CCn1ncc(OC)c1C(N)c1ncccc1Br. The summed E-state index contributed by atoms with van der Waals surface area (Å²) in [5.41, 5.74) is 7.88. The van der Waals surface area contributed by atoms with Crippen LogP contribution in [0.2, 0.25) is 0 Å². The van der Waals surface area contributed by atoms with Crippen molar-refractivity contribution in [1.29, 1.82) is 0 Å². The van der Waals surface area contributed by atoms with Crippen LogP contribution in [0.4, 0.5) is 0 Å². The summed E-state index contributed by atoms with van der Waals surface area (Å²) in [5, 5.41) is 4.25. The van der Waals surface area contributed by atoms with Crippen LogP contribution in [0.25, 0.3) is 0 Å². The van der Waals surface area contributed by atoms with E-state index >= 15 is 0 Å². The van der Waals surface area contributed by atoms with Crippen LogP contribution in [0.5, 0.6) is 5.75 Å². The zero-order valence-corrected chi connectivity index (χ0v) is 11.9. The molecular weight excluding hydrogens is 296 g/mol. The highest BCUT2D eigenvalue weighted by Crippen LogP contribution is 2.30. The lowest BCUT2D eigenvalue weighted by atomic mass is 10.1. The Kier molecular flexibility index (Phi) is 3.98. The Hall–Kier alpha value is -1.40. The molecule has 0 amide bonds. The zero-order chi connectivity index (χ0) is 13.1. The van der Waals surface area contributed by atoms with Crippen molar-refractivity contribution in [2.24, 2.45) is 5.73 Å². The number of aromatic nitrogens is 3. The normalized spacial score (nSPS) is 12.4. The van der Waals surface area contributed by atoms with E-state index in [1.54, 1.807) is 19.5 Å². The van der Waals surface area contributed by atoms with E-state index in [1.807, 2.05) is 23.7 Å². The van der Waals surface area contributed by atoms with Crippen molar-refractivity contribution in [3.63, 3.8) is 0 Å². The van der Waals surface area contributed by atoms with E-state index in [4.69, 9.17) is 10.5 Å². The lowest BCUT2D eigenvalue weighted by Gasteiger charge is -2.15. The van der Waals surface area contributed by atoms with Gasteiger partial charge >= 0.3 is 0 Å². The number of rotatable bonds is 4. The van der Waals surface area contributed by atoms with Gasteiger partial charge < -0.3 is 10.5 Å². The Bertz CT molecular complexity index is 519. The highest BCUT2D eigenvalue weighted by atomic mass is 79.9. The molecule has 96 valence electrons. The minimum Gasteiger partial charge on any atom is -0.493 e. The standard InChI is InChI=1S/C12H15BrN4O/c1-3-17-12(9(18-2)7-16-17)10(14)11-8(13)5-4-6-15-11/h4-7,10H,3,14H2,1-2H3. The van der Waals surface area contributed by atoms with Crippen molar-refractivity contribution < 1.29 is 4.74 Å². The number of nitrogens with zero attached hydrogens (tertiary/aromatic N) is 3. The third-order valence-corrected chi connectivity index (χ3v) is 3.41. The average Bonchev–Trinajstić information content (AvgIpc) is 2.81. The van der Waals surface area contributed by atoms with Gasteiger partial charge in [-0.25, -0.2) is 0 Å².